The molecule has 3 rings (SSSR count). The molecule has 0 saturated carbocycles. The second-order valence-corrected chi connectivity index (χ2v) is 7.83. The largest absolute Gasteiger partial charge is 0.497 e. The van der Waals surface area contributed by atoms with Crippen LogP contribution in [0.1, 0.15) is 16.7 Å². The van der Waals surface area contributed by atoms with E-state index in [4.69, 9.17) is 14.2 Å². The molecule has 31 heavy (non-hydrogen) atoms. The molecular formula is C24H33N3O4. The number of morpholine rings is 1. The second kappa shape index (κ2) is 11.7. The van der Waals surface area contributed by atoms with E-state index in [0.29, 0.717) is 19.6 Å². The van der Waals surface area contributed by atoms with Crippen molar-refractivity contribution < 1.29 is 19.0 Å². The molecule has 0 aliphatic carbocycles. The number of carbonyl (C=O) groups excluding carboxylic acids is 1. The summed E-state index contributed by atoms with van der Waals surface area (Å²) >= 11 is 0. The summed E-state index contributed by atoms with van der Waals surface area (Å²) < 4.78 is 16.1. The topological polar surface area (TPSA) is 63.3 Å². The fourth-order valence-corrected chi connectivity index (χ4v) is 3.61. The van der Waals surface area contributed by atoms with Gasteiger partial charge in [0.05, 0.1) is 34.0 Å². The molecule has 1 heterocycles. The summed E-state index contributed by atoms with van der Waals surface area (Å²) in [5.74, 6) is 1.49. The Bertz CT molecular complexity index is 835. The Labute approximate surface area is 184 Å². The van der Waals surface area contributed by atoms with Gasteiger partial charge in [0.1, 0.15) is 11.5 Å². The Balaban J connectivity index is 1.43. The normalized spacial score (nSPS) is 14.5. The Kier molecular flexibility index (Phi) is 8.70. The predicted molar refractivity (Wildman–Crippen MR) is 120 cm³/mol. The molecule has 0 unspecified atom stereocenters. The van der Waals surface area contributed by atoms with Crippen molar-refractivity contribution in [2.75, 3.05) is 54.1 Å². The Morgan fingerprint density at radius 1 is 1.06 bits per heavy atom. The maximum absolute atomic E-state index is 12.4. The molecule has 7 nitrogen and oxygen atoms in total. The molecule has 0 aromatic heterocycles. The van der Waals surface area contributed by atoms with Gasteiger partial charge in [0.15, 0.2) is 0 Å². The number of rotatable bonds is 10. The van der Waals surface area contributed by atoms with Crippen molar-refractivity contribution in [3.05, 3.63) is 59.2 Å². The third-order valence-corrected chi connectivity index (χ3v) is 5.37. The smallest absolute Gasteiger partial charge is 0.234 e. The molecule has 168 valence electrons. The number of amides is 1. The molecule has 0 bridgehead atoms. The van der Waals surface area contributed by atoms with Gasteiger partial charge < -0.3 is 19.5 Å². The van der Waals surface area contributed by atoms with Gasteiger partial charge in [0.2, 0.25) is 5.91 Å². The van der Waals surface area contributed by atoms with E-state index in [0.717, 1.165) is 55.5 Å². The molecule has 0 atom stereocenters. The maximum Gasteiger partial charge on any atom is 0.234 e. The van der Waals surface area contributed by atoms with Crippen LogP contribution in [0.15, 0.2) is 42.5 Å². The zero-order valence-corrected chi connectivity index (χ0v) is 18.7. The van der Waals surface area contributed by atoms with Crippen molar-refractivity contribution >= 4 is 5.91 Å². The van der Waals surface area contributed by atoms with E-state index >= 15 is 0 Å². The van der Waals surface area contributed by atoms with E-state index in [2.05, 4.69) is 34.5 Å². The fraction of sp³-hybridized carbons (Fsp3) is 0.458. The summed E-state index contributed by atoms with van der Waals surface area (Å²) in [6, 6.07) is 14.2. The fourth-order valence-electron chi connectivity index (χ4n) is 3.61. The molecule has 7 heteroatoms. The summed E-state index contributed by atoms with van der Waals surface area (Å²) in [6.45, 7) is 5.96. The lowest BCUT2D eigenvalue weighted by Gasteiger charge is -2.26. The van der Waals surface area contributed by atoms with Crippen LogP contribution in [0.25, 0.3) is 0 Å². The summed E-state index contributed by atoms with van der Waals surface area (Å²) in [5.41, 5.74) is 3.39. The SMILES string of the molecule is COc1ccc(CN(C)CC(=O)NCc2ccc(CN3CCOCC3)cc2)c(OC)c1. The molecule has 0 radical (unpaired) electrons. The van der Waals surface area contributed by atoms with E-state index in [1.807, 2.05) is 30.1 Å². The second-order valence-electron chi connectivity index (χ2n) is 7.83. The lowest BCUT2D eigenvalue weighted by molar-refractivity contribution is -0.122. The Hall–Kier alpha value is -2.61. The first-order chi connectivity index (χ1) is 15.1. The van der Waals surface area contributed by atoms with Crippen LogP contribution in [-0.2, 0) is 29.2 Å². The van der Waals surface area contributed by atoms with Gasteiger partial charge in [-0.25, -0.2) is 0 Å². The van der Waals surface area contributed by atoms with Crippen LogP contribution in [0.3, 0.4) is 0 Å². The molecule has 2 aromatic carbocycles. The van der Waals surface area contributed by atoms with Crippen LogP contribution in [0.2, 0.25) is 0 Å². The van der Waals surface area contributed by atoms with Crippen LogP contribution in [0.4, 0.5) is 0 Å². The third-order valence-electron chi connectivity index (χ3n) is 5.37. The summed E-state index contributed by atoms with van der Waals surface area (Å²) in [4.78, 5) is 16.7. The third kappa shape index (κ3) is 7.24. The number of methoxy groups -OCH3 is 2. The summed E-state index contributed by atoms with van der Waals surface area (Å²) in [6.07, 6.45) is 0. The quantitative estimate of drug-likeness (QED) is 0.628. The van der Waals surface area contributed by atoms with Gasteiger partial charge in [-0.15, -0.1) is 0 Å². The zero-order chi connectivity index (χ0) is 22.1. The van der Waals surface area contributed by atoms with Gasteiger partial charge in [0, 0.05) is 44.4 Å². The van der Waals surface area contributed by atoms with Crippen molar-refractivity contribution in [3.63, 3.8) is 0 Å². The number of nitrogens with zero attached hydrogens (tertiary/aromatic N) is 2. The van der Waals surface area contributed by atoms with Crippen LogP contribution in [-0.4, -0.2) is 69.8 Å². The number of hydrogen-bond donors (Lipinski definition) is 1. The van der Waals surface area contributed by atoms with Gasteiger partial charge in [0.25, 0.3) is 0 Å². The number of nitrogens with one attached hydrogen (secondary N) is 1. The van der Waals surface area contributed by atoms with Gasteiger partial charge in [-0.3, -0.25) is 14.6 Å². The average Bonchev–Trinajstić information content (AvgIpc) is 2.79. The van der Waals surface area contributed by atoms with Crippen molar-refractivity contribution in [3.8, 4) is 11.5 Å². The molecular weight excluding hydrogens is 394 g/mol. The first-order valence-corrected chi connectivity index (χ1v) is 10.6. The van der Waals surface area contributed by atoms with E-state index in [1.165, 1.54) is 5.56 Å². The highest BCUT2D eigenvalue weighted by Crippen LogP contribution is 2.25. The zero-order valence-electron chi connectivity index (χ0n) is 18.7. The van der Waals surface area contributed by atoms with E-state index in [-0.39, 0.29) is 5.91 Å². The van der Waals surface area contributed by atoms with Crippen molar-refractivity contribution in [1.29, 1.82) is 0 Å². The highest BCUT2D eigenvalue weighted by atomic mass is 16.5. The average molecular weight is 428 g/mol. The van der Waals surface area contributed by atoms with Crippen molar-refractivity contribution in [2.45, 2.75) is 19.6 Å². The number of carbonyl (C=O) groups is 1. The highest BCUT2D eigenvalue weighted by molar-refractivity contribution is 5.78. The predicted octanol–water partition coefficient (Wildman–Crippen LogP) is 2.28. The molecule has 1 aliphatic rings. The molecule has 1 N–H and O–H groups in total. The Morgan fingerprint density at radius 2 is 1.77 bits per heavy atom. The monoisotopic (exact) mass is 427 g/mol. The number of hydrogen-bond acceptors (Lipinski definition) is 6. The Morgan fingerprint density at radius 3 is 2.45 bits per heavy atom. The van der Waals surface area contributed by atoms with Crippen LogP contribution < -0.4 is 14.8 Å². The number of likely N-dealkylation sites (N-methyl/N-ethyl adjacent to an activating group) is 1. The van der Waals surface area contributed by atoms with Crippen molar-refractivity contribution in [1.82, 2.24) is 15.1 Å². The van der Waals surface area contributed by atoms with E-state index in [1.54, 1.807) is 14.2 Å². The molecule has 1 fully saturated rings. The minimum absolute atomic E-state index is 0.00706. The molecule has 1 amide bonds. The van der Waals surface area contributed by atoms with Gasteiger partial charge >= 0.3 is 0 Å². The van der Waals surface area contributed by atoms with Crippen LogP contribution >= 0.6 is 0 Å². The minimum atomic E-state index is -0.00706. The first kappa shape index (κ1) is 23.1. The lowest BCUT2D eigenvalue weighted by Crippen LogP contribution is -2.35. The molecule has 0 spiro atoms. The van der Waals surface area contributed by atoms with Crippen LogP contribution in [0, 0.1) is 0 Å². The number of benzene rings is 2. The standard InChI is InChI=1S/C24H33N3O4/c1-26(17-21-8-9-22(29-2)14-23(21)30-3)18-24(28)25-15-19-4-6-20(7-5-19)16-27-10-12-31-13-11-27/h4-9,14H,10-13,15-18H2,1-3H3,(H,25,28). The first-order valence-electron chi connectivity index (χ1n) is 10.6. The number of ether oxygens (including phenoxy) is 3. The molecule has 1 aliphatic heterocycles. The minimum Gasteiger partial charge on any atom is -0.497 e. The van der Waals surface area contributed by atoms with E-state index in [9.17, 15) is 4.79 Å². The highest BCUT2D eigenvalue weighted by Gasteiger charge is 2.12. The van der Waals surface area contributed by atoms with Crippen LogP contribution in [0.5, 0.6) is 11.5 Å². The summed E-state index contributed by atoms with van der Waals surface area (Å²) in [7, 11) is 5.18. The van der Waals surface area contributed by atoms with E-state index < -0.39 is 0 Å². The molecule has 2 aromatic rings. The van der Waals surface area contributed by atoms with Gasteiger partial charge in [-0.05, 0) is 24.2 Å². The maximum atomic E-state index is 12.4. The summed E-state index contributed by atoms with van der Waals surface area (Å²) in [5, 5.41) is 3.00. The van der Waals surface area contributed by atoms with Crippen molar-refractivity contribution in [2.24, 2.45) is 0 Å². The lowest BCUT2D eigenvalue weighted by atomic mass is 10.1. The molecule has 1 saturated heterocycles. The van der Waals surface area contributed by atoms with Gasteiger partial charge in [-0.1, -0.05) is 30.3 Å². The van der Waals surface area contributed by atoms with Gasteiger partial charge in [-0.2, -0.15) is 0 Å².